The molecule has 116 valence electrons. The molecule has 0 fully saturated rings. The first-order valence-corrected chi connectivity index (χ1v) is 8.53. The van der Waals surface area contributed by atoms with E-state index in [0.29, 0.717) is 6.54 Å². The molecule has 4 rings (SSSR count). The van der Waals surface area contributed by atoms with Gasteiger partial charge in [0.15, 0.2) is 10.8 Å². The van der Waals surface area contributed by atoms with Crippen LogP contribution in [0.2, 0.25) is 0 Å². The van der Waals surface area contributed by atoms with E-state index in [9.17, 15) is 4.79 Å². The molecule has 1 N–H and O–H groups in total. The minimum atomic E-state index is -0.0330. The lowest BCUT2D eigenvalue weighted by Gasteiger charge is -2.11. The number of fused-ring (bicyclic) bond motifs is 1. The fourth-order valence-corrected chi connectivity index (χ4v) is 3.82. The molecule has 5 heteroatoms. The number of rotatable bonds is 4. The van der Waals surface area contributed by atoms with Gasteiger partial charge in [-0.05, 0) is 36.1 Å². The van der Waals surface area contributed by atoms with E-state index in [1.165, 1.54) is 22.5 Å². The second-order valence-corrected chi connectivity index (χ2v) is 6.49. The van der Waals surface area contributed by atoms with E-state index in [2.05, 4.69) is 22.4 Å². The summed E-state index contributed by atoms with van der Waals surface area (Å²) in [7, 11) is 0. The van der Waals surface area contributed by atoms with Gasteiger partial charge >= 0.3 is 0 Å². The molecule has 1 amide bonds. The van der Waals surface area contributed by atoms with Crippen LogP contribution < -0.4 is 5.32 Å². The van der Waals surface area contributed by atoms with Gasteiger partial charge in [0.2, 0.25) is 5.91 Å². The molecule has 0 aliphatic heterocycles. The van der Waals surface area contributed by atoms with E-state index in [1.54, 1.807) is 6.26 Å². The van der Waals surface area contributed by atoms with Crippen molar-refractivity contribution in [1.29, 1.82) is 0 Å². The first-order valence-electron chi connectivity index (χ1n) is 7.65. The van der Waals surface area contributed by atoms with E-state index in [4.69, 9.17) is 4.42 Å². The number of nitrogens with zero attached hydrogens (tertiary/aromatic N) is 1. The van der Waals surface area contributed by atoms with Gasteiger partial charge in [-0.25, -0.2) is 4.98 Å². The maximum absolute atomic E-state index is 12.5. The zero-order chi connectivity index (χ0) is 15.6. The van der Waals surface area contributed by atoms with Crippen LogP contribution >= 0.6 is 11.3 Å². The van der Waals surface area contributed by atoms with E-state index in [0.717, 1.165) is 29.3 Å². The summed E-state index contributed by atoms with van der Waals surface area (Å²) in [6, 6.07) is 11.9. The zero-order valence-electron chi connectivity index (χ0n) is 12.5. The van der Waals surface area contributed by atoms with Crippen LogP contribution in [0.4, 0.5) is 0 Å². The molecule has 0 bridgehead atoms. The lowest BCUT2D eigenvalue weighted by atomic mass is 10.0. The molecule has 2 heterocycles. The fraction of sp³-hybridized carbons (Fsp3) is 0.222. The van der Waals surface area contributed by atoms with Gasteiger partial charge in [0.25, 0.3) is 0 Å². The summed E-state index contributed by atoms with van der Waals surface area (Å²) in [5.41, 5.74) is 3.32. The van der Waals surface area contributed by atoms with Crippen LogP contribution in [-0.4, -0.2) is 10.9 Å². The molecule has 0 spiro atoms. The number of amides is 1. The molecule has 1 aromatic carbocycles. The Morgan fingerprint density at radius 1 is 1.30 bits per heavy atom. The molecule has 0 saturated heterocycles. The summed E-state index contributed by atoms with van der Waals surface area (Å²) in [6.45, 7) is 0.453. The van der Waals surface area contributed by atoms with Crippen LogP contribution in [-0.2, 0) is 17.8 Å². The molecule has 1 unspecified atom stereocenters. The third-order valence-electron chi connectivity index (χ3n) is 4.18. The van der Waals surface area contributed by atoms with E-state index in [-0.39, 0.29) is 11.8 Å². The van der Waals surface area contributed by atoms with Gasteiger partial charge < -0.3 is 9.73 Å². The van der Waals surface area contributed by atoms with Crippen LogP contribution in [0.1, 0.15) is 29.2 Å². The average Bonchev–Trinajstić information content (AvgIpc) is 3.31. The van der Waals surface area contributed by atoms with Gasteiger partial charge in [-0.1, -0.05) is 24.3 Å². The number of nitrogens with one attached hydrogen (secondary N) is 1. The van der Waals surface area contributed by atoms with Gasteiger partial charge in [0, 0.05) is 5.38 Å². The monoisotopic (exact) mass is 324 g/mol. The van der Waals surface area contributed by atoms with Crippen molar-refractivity contribution in [3.8, 4) is 10.8 Å². The molecular weight excluding hydrogens is 308 g/mol. The van der Waals surface area contributed by atoms with Crippen molar-refractivity contribution in [3.63, 3.8) is 0 Å². The Kier molecular flexibility index (Phi) is 3.71. The van der Waals surface area contributed by atoms with Crippen LogP contribution in [0.15, 0.2) is 52.5 Å². The highest BCUT2D eigenvalue weighted by Gasteiger charge is 2.27. The summed E-state index contributed by atoms with van der Waals surface area (Å²) in [6.07, 6.45) is 3.50. The molecule has 0 radical (unpaired) electrons. The number of aromatic nitrogens is 1. The van der Waals surface area contributed by atoms with Crippen molar-refractivity contribution in [2.75, 3.05) is 0 Å². The summed E-state index contributed by atoms with van der Waals surface area (Å²) in [5, 5.41) is 5.81. The van der Waals surface area contributed by atoms with Crippen molar-refractivity contribution in [2.45, 2.75) is 25.3 Å². The van der Waals surface area contributed by atoms with Crippen molar-refractivity contribution in [3.05, 3.63) is 64.9 Å². The molecule has 3 aromatic rings. The Balaban J connectivity index is 1.41. The standard InChI is InChI=1S/C18H16N2O2S/c21-17(15-8-7-12-4-1-2-5-14(12)15)19-10-13-11-23-18(20-13)16-6-3-9-22-16/h1-6,9,11,15H,7-8,10H2,(H,19,21). The average molecular weight is 324 g/mol. The van der Waals surface area contributed by atoms with Crippen LogP contribution in [0.3, 0.4) is 0 Å². The lowest BCUT2D eigenvalue weighted by molar-refractivity contribution is -0.122. The quantitative estimate of drug-likeness (QED) is 0.795. The number of carbonyl (C=O) groups is 1. The topological polar surface area (TPSA) is 55.1 Å². The number of carbonyl (C=O) groups excluding carboxylic acids is 1. The molecule has 1 aliphatic rings. The Labute approximate surface area is 138 Å². The molecule has 1 atom stereocenters. The van der Waals surface area contributed by atoms with Gasteiger partial charge in [-0.15, -0.1) is 11.3 Å². The Morgan fingerprint density at radius 2 is 2.22 bits per heavy atom. The number of furan rings is 1. The van der Waals surface area contributed by atoms with E-state index >= 15 is 0 Å². The van der Waals surface area contributed by atoms with Gasteiger partial charge in [-0.2, -0.15) is 0 Å². The molecule has 2 aromatic heterocycles. The summed E-state index contributed by atoms with van der Waals surface area (Å²) < 4.78 is 5.34. The molecule has 4 nitrogen and oxygen atoms in total. The Hall–Kier alpha value is -2.40. The Bertz CT molecular complexity index is 823. The second kappa shape index (κ2) is 6.01. The lowest BCUT2D eigenvalue weighted by Crippen LogP contribution is -2.28. The van der Waals surface area contributed by atoms with Gasteiger partial charge in [0.05, 0.1) is 24.4 Å². The largest absolute Gasteiger partial charge is 0.462 e. The highest BCUT2D eigenvalue weighted by molar-refractivity contribution is 7.13. The van der Waals surface area contributed by atoms with Crippen molar-refractivity contribution in [2.24, 2.45) is 0 Å². The summed E-state index contributed by atoms with van der Waals surface area (Å²) >= 11 is 1.52. The first-order chi connectivity index (χ1) is 11.3. The van der Waals surface area contributed by atoms with Gasteiger partial charge in [0.1, 0.15) is 0 Å². The molecular formula is C18H16N2O2S. The van der Waals surface area contributed by atoms with Gasteiger partial charge in [-0.3, -0.25) is 4.79 Å². The highest BCUT2D eigenvalue weighted by Crippen LogP contribution is 2.33. The predicted molar refractivity (Wildman–Crippen MR) is 89.2 cm³/mol. The zero-order valence-corrected chi connectivity index (χ0v) is 13.3. The normalized spacial score (nSPS) is 16.3. The highest BCUT2D eigenvalue weighted by atomic mass is 32.1. The van der Waals surface area contributed by atoms with Crippen LogP contribution in [0.5, 0.6) is 0 Å². The van der Waals surface area contributed by atoms with Crippen molar-refractivity contribution < 1.29 is 9.21 Å². The maximum Gasteiger partial charge on any atom is 0.227 e. The Morgan fingerprint density at radius 3 is 3.09 bits per heavy atom. The third kappa shape index (κ3) is 2.80. The smallest absolute Gasteiger partial charge is 0.227 e. The maximum atomic E-state index is 12.5. The minimum Gasteiger partial charge on any atom is -0.462 e. The summed E-state index contributed by atoms with van der Waals surface area (Å²) in [5.74, 6) is 0.814. The molecule has 1 aliphatic carbocycles. The van der Waals surface area contributed by atoms with Crippen molar-refractivity contribution >= 4 is 17.2 Å². The number of thiazole rings is 1. The van der Waals surface area contributed by atoms with E-state index in [1.807, 2.05) is 29.6 Å². The van der Waals surface area contributed by atoms with Crippen LogP contribution in [0, 0.1) is 0 Å². The number of hydrogen-bond acceptors (Lipinski definition) is 4. The SMILES string of the molecule is O=C(NCc1csc(-c2ccco2)n1)C1CCc2ccccc21. The van der Waals surface area contributed by atoms with E-state index < -0.39 is 0 Å². The first kappa shape index (κ1) is 14.2. The second-order valence-electron chi connectivity index (χ2n) is 5.63. The fourth-order valence-electron chi connectivity index (χ4n) is 3.03. The van der Waals surface area contributed by atoms with Crippen LogP contribution in [0.25, 0.3) is 10.8 Å². The predicted octanol–water partition coefficient (Wildman–Crippen LogP) is 3.75. The molecule has 0 saturated carbocycles. The van der Waals surface area contributed by atoms with Crippen molar-refractivity contribution in [1.82, 2.24) is 10.3 Å². The number of aryl methyl sites for hydroxylation is 1. The summed E-state index contributed by atoms with van der Waals surface area (Å²) in [4.78, 5) is 17.0. The molecule has 23 heavy (non-hydrogen) atoms. The third-order valence-corrected chi connectivity index (χ3v) is 5.08. The minimum absolute atomic E-state index is 0.0330. The number of benzene rings is 1. The number of hydrogen-bond donors (Lipinski definition) is 1.